The van der Waals surface area contributed by atoms with Gasteiger partial charge < -0.3 is 5.21 Å². The molecular formula is C5H5NOS. The first-order valence-electron chi connectivity index (χ1n) is 2.59. The fourth-order valence-electron chi connectivity index (χ4n) is 0.373. The summed E-state index contributed by atoms with van der Waals surface area (Å²) >= 11 is 4.63. The fourth-order valence-corrected chi connectivity index (χ4v) is 0.502. The molecule has 0 aliphatic heterocycles. The van der Waals surface area contributed by atoms with Crippen LogP contribution in [0.4, 0.5) is 0 Å². The molecule has 1 N–H and O–H groups in total. The molecule has 1 rings (SSSR count). The Morgan fingerprint density at radius 2 is 2.62 bits per heavy atom. The minimum atomic E-state index is 0.252. The van der Waals surface area contributed by atoms with Crippen LogP contribution >= 0.6 is 12.2 Å². The van der Waals surface area contributed by atoms with Crippen molar-refractivity contribution in [2.75, 3.05) is 0 Å². The Labute approximate surface area is 53.4 Å². The maximum absolute atomic E-state index is 8.77. The van der Waals surface area contributed by atoms with Gasteiger partial charge in [0.2, 0.25) is 0 Å². The second-order valence-corrected chi connectivity index (χ2v) is 1.73. The van der Waals surface area contributed by atoms with Crippen LogP contribution in [0.15, 0.2) is 24.4 Å². The summed E-state index contributed by atoms with van der Waals surface area (Å²) in [5.41, 5.74) is 0. The molecule has 0 atom stereocenters. The van der Waals surface area contributed by atoms with E-state index in [9.17, 15) is 0 Å². The van der Waals surface area contributed by atoms with Crippen LogP contribution in [0.25, 0.3) is 0 Å². The van der Waals surface area contributed by atoms with Crippen molar-refractivity contribution in [2.45, 2.75) is 0 Å². The lowest BCUT2D eigenvalue weighted by molar-refractivity contribution is 0.180. The summed E-state index contributed by atoms with van der Waals surface area (Å²) in [4.78, 5) is 0. The molecule has 0 aliphatic carbocycles. The highest BCUT2D eigenvalue weighted by Gasteiger charge is 1.77. The van der Waals surface area contributed by atoms with Gasteiger partial charge >= 0.3 is 0 Å². The molecule has 0 aromatic carbocycles. The first kappa shape index (κ1) is 4.09. The molecule has 1 aromatic rings. The molecule has 0 aliphatic rings. The number of rotatable bonds is 0. The zero-order valence-corrected chi connectivity index (χ0v) is 4.85. The summed E-state index contributed by atoms with van der Waals surface area (Å²) in [6.45, 7) is 0. The maximum atomic E-state index is 8.77. The third-order valence-electron chi connectivity index (χ3n) is 0.745. The Bertz CT molecular complexity index is 270. The number of hydrogen-bond donors (Lipinski definition) is 1. The zero-order chi connectivity index (χ0) is 6.85. The van der Waals surface area contributed by atoms with E-state index in [1.165, 1.54) is 18.3 Å². The van der Waals surface area contributed by atoms with Gasteiger partial charge in [0.05, 0.1) is 1.37 Å². The van der Waals surface area contributed by atoms with Crippen molar-refractivity contribution in [3.8, 4) is 0 Å². The lowest BCUT2D eigenvalue weighted by Crippen LogP contribution is -1.89. The van der Waals surface area contributed by atoms with Gasteiger partial charge in [-0.2, -0.15) is 4.73 Å². The van der Waals surface area contributed by atoms with E-state index in [0.717, 1.165) is 4.73 Å². The lowest BCUT2D eigenvalue weighted by atomic mass is 10.5. The topological polar surface area (TPSA) is 25.2 Å². The van der Waals surface area contributed by atoms with Crippen molar-refractivity contribution < 1.29 is 6.58 Å². The SMILES string of the molecule is [2H]c1ccn(O)c(=S)c1. The highest BCUT2D eigenvalue weighted by Crippen LogP contribution is 1.86. The van der Waals surface area contributed by atoms with Gasteiger partial charge in [0.25, 0.3) is 0 Å². The summed E-state index contributed by atoms with van der Waals surface area (Å²) in [6, 6.07) is 3.16. The zero-order valence-electron chi connectivity index (χ0n) is 5.03. The van der Waals surface area contributed by atoms with E-state index in [1.54, 1.807) is 0 Å². The first-order chi connectivity index (χ1) is 4.20. The minimum Gasteiger partial charge on any atom is -0.428 e. The molecule has 42 valence electrons. The maximum Gasteiger partial charge on any atom is 0.142 e. The number of hydrogen-bond acceptors (Lipinski definition) is 2. The standard InChI is InChI=1S/C5H5NOS/c7-6-4-2-1-3-5(6)8/h1-4,7H/i1D. The molecule has 1 heterocycles. The third-order valence-corrected chi connectivity index (χ3v) is 1.05. The number of pyridine rings is 1. The largest absolute Gasteiger partial charge is 0.428 e. The molecule has 0 radical (unpaired) electrons. The summed E-state index contributed by atoms with van der Waals surface area (Å²) in [7, 11) is 0. The van der Waals surface area contributed by atoms with Crippen LogP contribution in [-0.2, 0) is 0 Å². The van der Waals surface area contributed by atoms with Crippen molar-refractivity contribution in [3.63, 3.8) is 0 Å². The van der Waals surface area contributed by atoms with E-state index in [0.29, 0.717) is 6.04 Å². The summed E-state index contributed by atoms with van der Waals surface area (Å²) < 4.78 is 8.09. The van der Waals surface area contributed by atoms with Crippen molar-refractivity contribution in [3.05, 3.63) is 29.0 Å². The van der Waals surface area contributed by atoms with Crippen molar-refractivity contribution in [1.29, 1.82) is 0 Å². The minimum absolute atomic E-state index is 0.252. The highest BCUT2D eigenvalue weighted by atomic mass is 32.1. The normalized spacial score (nSPS) is 10.8. The third kappa shape index (κ3) is 0.869. The van der Waals surface area contributed by atoms with Crippen molar-refractivity contribution in [1.82, 2.24) is 4.73 Å². The van der Waals surface area contributed by atoms with Gasteiger partial charge in [-0.25, -0.2) is 0 Å². The molecule has 0 unspecified atom stereocenters. The molecule has 0 fully saturated rings. The smallest absolute Gasteiger partial charge is 0.142 e. The summed E-state index contributed by atoms with van der Waals surface area (Å²) in [5, 5.41) is 8.77. The lowest BCUT2D eigenvalue weighted by Gasteiger charge is -1.90. The van der Waals surface area contributed by atoms with Gasteiger partial charge in [-0.1, -0.05) is 18.3 Å². The monoisotopic (exact) mass is 128 g/mol. The highest BCUT2D eigenvalue weighted by molar-refractivity contribution is 7.71. The van der Waals surface area contributed by atoms with Gasteiger partial charge in [-0.3, -0.25) is 0 Å². The molecule has 0 amide bonds. The van der Waals surface area contributed by atoms with E-state index >= 15 is 0 Å². The number of nitrogens with zero attached hydrogens (tertiary/aromatic N) is 1. The van der Waals surface area contributed by atoms with E-state index in [-0.39, 0.29) is 4.64 Å². The fraction of sp³-hybridized carbons (Fsp3) is 0. The van der Waals surface area contributed by atoms with E-state index in [1.807, 2.05) is 0 Å². The Kier molecular flexibility index (Phi) is 1.00. The van der Waals surface area contributed by atoms with E-state index in [2.05, 4.69) is 12.2 Å². The summed E-state index contributed by atoms with van der Waals surface area (Å²) in [5.74, 6) is 0. The molecule has 0 bridgehead atoms. The van der Waals surface area contributed by atoms with Crippen molar-refractivity contribution >= 4 is 12.2 Å². The van der Waals surface area contributed by atoms with Crippen LogP contribution < -0.4 is 0 Å². The second kappa shape index (κ2) is 1.96. The molecule has 8 heavy (non-hydrogen) atoms. The van der Waals surface area contributed by atoms with Crippen LogP contribution in [0.2, 0.25) is 0 Å². The molecule has 2 nitrogen and oxygen atoms in total. The van der Waals surface area contributed by atoms with Crippen LogP contribution in [0.1, 0.15) is 1.37 Å². The van der Waals surface area contributed by atoms with Gasteiger partial charge in [0.15, 0.2) is 0 Å². The Morgan fingerprint density at radius 3 is 3.12 bits per heavy atom. The van der Waals surface area contributed by atoms with Gasteiger partial charge in [-0.05, 0) is 12.1 Å². The van der Waals surface area contributed by atoms with Gasteiger partial charge in [0, 0.05) is 6.20 Å². The molecule has 0 spiro atoms. The van der Waals surface area contributed by atoms with E-state index < -0.39 is 0 Å². The van der Waals surface area contributed by atoms with Crippen LogP contribution in [0, 0.1) is 4.64 Å². The Morgan fingerprint density at radius 1 is 1.88 bits per heavy atom. The molecule has 0 saturated heterocycles. The first-order valence-corrected chi connectivity index (χ1v) is 2.49. The molecule has 0 saturated carbocycles. The molecule has 3 heteroatoms. The van der Waals surface area contributed by atoms with Crippen molar-refractivity contribution in [2.24, 2.45) is 0 Å². The molecular weight excluding hydrogens is 122 g/mol. The Balaban J connectivity index is 3.34. The predicted octanol–water partition coefficient (Wildman–Crippen LogP) is 1.45. The van der Waals surface area contributed by atoms with Crippen LogP contribution in [0.5, 0.6) is 0 Å². The molecule has 1 aromatic heterocycles. The summed E-state index contributed by atoms with van der Waals surface area (Å²) in [6.07, 6.45) is 1.34. The van der Waals surface area contributed by atoms with Gasteiger partial charge in [-0.15, -0.1) is 0 Å². The predicted molar refractivity (Wildman–Crippen MR) is 32.5 cm³/mol. The van der Waals surface area contributed by atoms with Gasteiger partial charge in [0.1, 0.15) is 4.64 Å². The average Bonchev–Trinajstić information content (AvgIpc) is 1.80. The average molecular weight is 128 g/mol. The van der Waals surface area contributed by atoms with E-state index in [4.69, 9.17) is 6.58 Å². The van der Waals surface area contributed by atoms with Crippen LogP contribution in [-0.4, -0.2) is 9.94 Å². The van der Waals surface area contributed by atoms with Crippen LogP contribution in [0.3, 0.4) is 0 Å². The number of aromatic nitrogens is 1. The second-order valence-electron chi connectivity index (χ2n) is 1.31. The quantitative estimate of drug-likeness (QED) is 0.422. The Hall–Kier alpha value is -0.830.